The first kappa shape index (κ1) is 11.4. The summed E-state index contributed by atoms with van der Waals surface area (Å²) < 4.78 is 0. The van der Waals surface area contributed by atoms with Crippen LogP contribution in [0.25, 0.3) is 0 Å². The molecular weight excluding hydrogens is 192 g/mol. The van der Waals surface area contributed by atoms with Crippen molar-refractivity contribution in [3.05, 3.63) is 35.4 Å². The first-order valence-corrected chi connectivity index (χ1v) is 4.83. The molecule has 0 aliphatic rings. The fourth-order valence-electron chi connectivity index (χ4n) is 1.28. The second-order valence-electron chi connectivity index (χ2n) is 3.72. The van der Waals surface area contributed by atoms with E-state index in [0.29, 0.717) is 6.42 Å². The van der Waals surface area contributed by atoms with Crippen LogP contribution >= 0.6 is 0 Å². The fourth-order valence-corrected chi connectivity index (χ4v) is 1.28. The molecule has 0 fully saturated rings. The van der Waals surface area contributed by atoms with E-state index in [0.717, 1.165) is 5.56 Å². The Morgan fingerprint density at radius 3 is 2.20 bits per heavy atom. The van der Waals surface area contributed by atoms with Crippen molar-refractivity contribution in [2.24, 2.45) is 5.92 Å². The number of Topliss-reactive ketones (excluding diaryl/α,β-unsaturated/α-hetero) is 1. The Hall–Kier alpha value is -1.64. The highest BCUT2D eigenvalue weighted by molar-refractivity contribution is 5.87. The van der Waals surface area contributed by atoms with Crippen LogP contribution in [0, 0.1) is 5.92 Å². The van der Waals surface area contributed by atoms with Crippen molar-refractivity contribution >= 4 is 11.8 Å². The highest BCUT2D eigenvalue weighted by atomic mass is 16.4. The molecule has 0 heterocycles. The van der Waals surface area contributed by atoms with Crippen LogP contribution in [0.1, 0.15) is 29.8 Å². The average Bonchev–Trinajstić information content (AvgIpc) is 2.18. The number of carboxylic acids is 1. The van der Waals surface area contributed by atoms with Gasteiger partial charge in [0.25, 0.3) is 0 Å². The van der Waals surface area contributed by atoms with Crippen LogP contribution < -0.4 is 0 Å². The molecule has 0 aliphatic carbocycles. The van der Waals surface area contributed by atoms with E-state index in [-0.39, 0.29) is 17.3 Å². The summed E-state index contributed by atoms with van der Waals surface area (Å²) in [6.45, 7) is 3.43. The van der Waals surface area contributed by atoms with Gasteiger partial charge in [-0.15, -0.1) is 0 Å². The summed E-state index contributed by atoms with van der Waals surface area (Å²) in [4.78, 5) is 21.6. The van der Waals surface area contributed by atoms with Gasteiger partial charge < -0.3 is 5.11 Å². The van der Waals surface area contributed by atoms with Crippen molar-refractivity contribution < 1.29 is 14.7 Å². The fraction of sp³-hybridized carbons (Fsp3) is 0.333. The van der Waals surface area contributed by atoms with Crippen molar-refractivity contribution in [2.75, 3.05) is 0 Å². The van der Waals surface area contributed by atoms with E-state index in [1.54, 1.807) is 31.2 Å². The number of carboxylic acid groups (broad SMARTS) is 1. The van der Waals surface area contributed by atoms with Gasteiger partial charge in [-0.05, 0) is 31.0 Å². The summed E-state index contributed by atoms with van der Waals surface area (Å²) in [5.41, 5.74) is 1.26. The van der Waals surface area contributed by atoms with E-state index in [1.807, 2.05) is 6.92 Å². The van der Waals surface area contributed by atoms with E-state index in [9.17, 15) is 9.59 Å². The molecule has 0 bridgehead atoms. The van der Waals surface area contributed by atoms with Gasteiger partial charge in [0, 0.05) is 5.92 Å². The van der Waals surface area contributed by atoms with Gasteiger partial charge >= 0.3 is 5.97 Å². The van der Waals surface area contributed by atoms with Crippen LogP contribution in [-0.2, 0) is 11.2 Å². The molecule has 1 aromatic carbocycles. The van der Waals surface area contributed by atoms with Gasteiger partial charge in [-0.3, -0.25) is 4.79 Å². The van der Waals surface area contributed by atoms with Crippen molar-refractivity contribution in [1.82, 2.24) is 0 Å². The zero-order chi connectivity index (χ0) is 11.4. The van der Waals surface area contributed by atoms with Crippen LogP contribution in [0.4, 0.5) is 0 Å². The first-order valence-electron chi connectivity index (χ1n) is 4.83. The molecule has 0 saturated heterocycles. The Morgan fingerprint density at radius 1 is 1.27 bits per heavy atom. The van der Waals surface area contributed by atoms with E-state index >= 15 is 0 Å². The molecule has 0 saturated carbocycles. The van der Waals surface area contributed by atoms with E-state index in [2.05, 4.69) is 0 Å². The summed E-state index contributed by atoms with van der Waals surface area (Å²) in [5, 5.41) is 8.69. The lowest BCUT2D eigenvalue weighted by atomic mass is 9.97. The number of carbonyl (C=O) groups excluding carboxylic acids is 1. The number of ketones is 1. The average molecular weight is 206 g/mol. The summed E-state index contributed by atoms with van der Waals surface area (Å²) in [6, 6.07) is 6.63. The lowest BCUT2D eigenvalue weighted by Gasteiger charge is -2.07. The predicted octanol–water partition coefficient (Wildman–Crippen LogP) is 2.15. The van der Waals surface area contributed by atoms with Gasteiger partial charge in [-0.25, -0.2) is 4.79 Å². The molecule has 1 atom stereocenters. The Morgan fingerprint density at radius 2 is 1.80 bits per heavy atom. The predicted molar refractivity (Wildman–Crippen MR) is 57.0 cm³/mol. The number of hydrogen-bond donors (Lipinski definition) is 1. The van der Waals surface area contributed by atoms with Crippen LogP contribution in [0.15, 0.2) is 24.3 Å². The minimum atomic E-state index is -0.929. The first-order chi connectivity index (χ1) is 7.00. The monoisotopic (exact) mass is 206 g/mol. The molecule has 15 heavy (non-hydrogen) atoms. The van der Waals surface area contributed by atoms with Crippen LogP contribution in [-0.4, -0.2) is 16.9 Å². The van der Waals surface area contributed by atoms with Crippen molar-refractivity contribution in [3.8, 4) is 0 Å². The molecule has 80 valence electrons. The van der Waals surface area contributed by atoms with Gasteiger partial charge in [0.05, 0.1) is 5.56 Å². The van der Waals surface area contributed by atoms with Crippen LogP contribution in [0.3, 0.4) is 0 Å². The summed E-state index contributed by atoms with van der Waals surface area (Å²) in [5.74, 6) is -0.792. The van der Waals surface area contributed by atoms with Gasteiger partial charge in [0.15, 0.2) is 0 Å². The molecule has 1 aromatic rings. The lowest BCUT2D eigenvalue weighted by molar-refractivity contribution is -0.120. The molecule has 1 unspecified atom stereocenters. The smallest absolute Gasteiger partial charge is 0.335 e. The van der Waals surface area contributed by atoms with E-state index in [4.69, 9.17) is 5.11 Å². The molecule has 0 spiro atoms. The highest BCUT2D eigenvalue weighted by Crippen LogP contribution is 2.10. The maximum Gasteiger partial charge on any atom is 0.335 e. The summed E-state index contributed by atoms with van der Waals surface area (Å²) >= 11 is 0. The minimum absolute atomic E-state index is 0.0133. The van der Waals surface area contributed by atoms with E-state index < -0.39 is 5.97 Å². The Bertz CT molecular complexity index is 365. The van der Waals surface area contributed by atoms with Gasteiger partial charge in [-0.2, -0.15) is 0 Å². The maximum atomic E-state index is 11.0. The molecule has 1 N–H and O–H groups in total. The number of rotatable bonds is 4. The minimum Gasteiger partial charge on any atom is -0.478 e. The van der Waals surface area contributed by atoms with Crippen molar-refractivity contribution in [3.63, 3.8) is 0 Å². The molecular formula is C12H14O3. The number of benzene rings is 1. The van der Waals surface area contributed by atoms with Crippen LogP contribution in [0.2, 0.25) is 0 Å². The van der Waals surface area contributed by atoms with Crippen molar-refractivity contribution in [1.29, 1.82) is 0 Å². The maximum absolute atomic E-state index is 11.0. The summed E-state index contributed by atoms with van der Waals surface area (Å²) in [6.07, 6.45) is 0.662. The highest BCUT2D eigenvalue weighted by Gasteiger charge is 2.09. The molecule has 0 amide bonds. The third-order valence-corrected chi connectivity index (χ3v) is 2.44. The van der Waals surface area contributed by atoms with E-state index in [1.165, 1.54) is 0 Å². The molecule has 1 rings (SSSR count). The molecule has 3 heteroatoms. The topological polar surface area (TPSA) is 54.4 Å². The van der Waals surface area contributed by atoms with Crippen molar-refractivity contribution in [2.45, 2.75) is 20.3 Å². The lowest BCUT2D eigenvalue weighted by Crippen LogP contribution is -2.09. The van der Waals surface area contributed by atoms with Crippen LogP contribution in [0.5, 0.6) is 0 Å². The number of carbonyl (C=O) groups is 2. The third-order valence-electron chi connectivity index (χ3n) is 2.44. The quantitative estimate of drug-likeness (QED) is 0.821. The largest absolute Gasteiger partial charge is 0.478 e. The van der Waals surface area contributed by atoms with Gasteiger partial charge in [0.1, 0.15) is 5.78 Å². The standard InChI is InChI=1S/C12H14O3/c1-8(9(2)13)7-10-3-5-11(6-4-10)12(14)15/h3-6,8H,7H2,1-2H3,(H,14,15). The van der Waals surface area contributed by atoms with Gasteiger partial charge in [-0.1, -0.05) is 19.1 Å². The zero-order valence-corrected chi connectivity index (χ0v) is 8.86. The number of hydrogen-bond acceptors (Lipinski definition) is 2. The number of aromatic carboxylic acids is 1. The zero-order valence-electron chi connectivity index (χ0n) is 8.86. The van der Waals surface area contributed by atoms with Gasteiger partial charge in [0.2, 0.25) is 0 Å². The molecule has 0 aliphatic heterocycles. The Kier molecular flexibility index (Phi) is 3.61. The second-order valence-corrected chi connectivity index (χ2v) is 3.72. The third kappa shape index (κ3) is 3.20. The Labute approximate surface area is 88.7 Å². The second kappa shape index (κ2) is 4.73. The Balaban J connectivity index is 2.72. The molecule has 3 nitrogen and oxygen atoms in total. The summed E-state index contributed by atoms with van der Waals surface area (Å²) in [7, 11) is 0. The SMILES string of the molecule is CC(=O)C(C)Cc1ccc(C(=O)O)cc1. The normalized spacial score (nSPS) is 12.1. The molecule has 0 aromatic heterocycles. The molecule has 0 radical (unpaired) electrons.